The predicted octanol–water partition coefficient (Wildman–Crippen LogP) is 4.67. The Morgan fingerprint density at radius 3 is 2.20 bits per heavy atom. The summed E-state index contributed by atoms with van der Waals surface area (Å²) in [5.74, 6) is 0. The number of nitrogens with zero attached hydrogens (tertiary/aromatic N) is 2. The van der Waals surface area contributed by atoms with Gasteiger partial charge in [-0.25, -0.2) is 4.68 Å². The van der Waals surface area contributed by atoms with Gasteiger partial charge in [0.05, 0.1) is 36.5 Å². The summed E-state index contributed by atoms with van der Waals surface area (Å²) in [6.07, 6.45) is 2.99. The van der Waals surface area contributed by atoms with Gasteiger partial charge in [-0.2, -0.15) is 13.5 Å². The van der Waals surface area contributed by atoms with Crippen molar-refractivity contribution in [2.24, 2.45) is 0 Å². The smallest absolute Gasteiger partial charge is 0.297 e. The lowest BCUT2D eigenvalue weighted by atomic mass is 10.0. The molecular weight excluding hydrogens is 488 g/mol. The van der Waals surface area contributed by atoms with E-state index in [4.69, 9.17) is 20.5 Å². The Morgan fingerprint density at radius 1 is 0.943 bits per heavy atom. The van der Waals surface area contributed by atoms with Crippen LogP contribution in [-0.4, -0.2) is 31.4 Å². The molecule has 7 nitrogen and oxygen atoms in total. The van der Waals surface area contributed by atoms with Crippen LogP contribution in [0.5, 0.6) is 0 Å². The molecule has 3 rings (SSSR count). The van der Waals surface area contributed by atoms with Gasteiger partial charge in [-0.05, 0) is 69.4 Å². The largest absolute Gasteiger partial charge is 0.374 e. The number of aromatic nitrogens is 2. The molecule has 1 heterocycles. The van der Waals surface area contributed by atoms with Crippen LogP contribution < -0.4 is 5.56 Å². The molecule has 0 aliphatic heterocycles. The molecule has 9 heteroatoms. The minimum absolute atomic E-state index is 0.0585. The van der Waals surface area contributed by atoms with Crippen LogP contribution >= 0.6 is 11.6 Å². The molecular formula is C26H31ClN2O5S. The Kier molecular flexibility index (Phi) is 8.88. The van der Waals surface area contributed by atoms with E-state index < -0.39 is 15.7 Å². The summed E-state index contributed by atoms with van der Waals surface area (Å²) in [5, 5.41) is 4.49. The van der Waals surface area contributed by atoms with Crippen molar-refractivity contribution in [3.8, 4) is 0 Å². The van der Waals surface area contributed by atoms with E-state index in [1.165, 1.54) is 16.8 Å². The summed E-state index contributed by atoms with van der Waals surface area (Å²) in [7, 11) is -3.79. The van der Waals surface area contributed by atoms with Crippen LogP contribution in [0.15, 0.2) is 64.4 Å². The normalized spacial score (nSPS) is 12.1. The molecule has 0 fully saturated rings. The van der Waals surface area contributed by atoms with Crippen molar-refractivity contribution in [3.63, 3.8) is 0 Å². The van der Waals surface area contributed by atoms with Crippen LogP contribution in [0.4, 0.5) is 0 Å². The zero-order chi connectivity index (χ0) is 25.6. The number of rotatable bonds is 10. The molecule has 0 bridgehead atoms. The van der Waals surface area contributed by atoms with Crippen molar-refractivity contribution in [1.29, 1.82) is 0 Å². The minimum atomic E-state index is -3.79. The molecule has 3 aromatic rings. The summed E-state index contributed by atoms with van der Waals surface area (Å²) >= 11 is 6.31. The van der Waals surface area contributed by atoms with Gasteiger partial charge in [-0.1, -0.05) is 53.6 Å². The number of halogens is 1. The maximum atomic E-state index is 12.5. The number of hydrogen-bond donors (Lipinski definition) is 0. The highest BCUT2D eigenvalue weighted by molar-refractivity contribution is 7.86. The van der Waals surface area contributed by atoms with Gasteiger partial charge in [-0.3, -0.25) is 8.98 Å². The molecule has 2 aromatic carbocycles. The highest BCUT2D eigenvalue weighted by atomic mass is 35.5. The Bertz CT molecular complexity index is 1300. The molecule has 35 heavy (non-hydrogen) atoms. The van der Waals surface area contributed by atoms with Crippen molar-refractivity contribution < 1.29 is 17.3 Å². The van der Waals surface area contributed by atoms with Gasteiger partial charge in [0, 0.05) is 0 Å². The fourth-order valence-corrected chi connectivity index (χ4v) is 4.48. The Hall–Kier alpha value is -2.52. The van der Waals surface area contributed by atoms with Crippen molar-refractivity contribution in [3.05, 3.63) is 92.4 Å². The number of benzene rings is 2. The van der Waals surface area contributed by atoms with E-state index in [1.807, 2.05) is 52.0 Å². The van der Waals surface area contributed by atoms with Crippen molar-refractivity contribution in [2.75, 3.05) is 13.2 Å². The number of hydrogen-bond acceptors (Lipinski definition) is 6. The lowest BCUT2D eigenvalue weighted by molar-refractivity contribution is 0.0907. The second kappa shape index (κ2) is 11.5. The molecule has 0 radical (unpaired) electrons. The summed E-state index contributed by atoms with van der Waals surface area (Å²) in [6, 6.07) is 14.4. The SMILES string of the molecule is Cc1ccc(S(=O)(=O)OCCOCc2ccc(CCc3cnn(C(C)(C)C)c(=O)c3Cl)cc2)cc1. The van der Waals surface area contributed by atoms with Gasteiger partial charge >= 0.3 is 0 Å². The zero-order valence-electron chi connectivity index (χ0n) is 20.5. The lowest BCUT2D eigenvalue weighted by Gasteiger charge is -2.21. The van der Waals surface area contributed by atoms with Crippen LogP contribution in [0.25, 0.3) is 0 Å². The standard InChI is InChI=1S/C26H31ClN2O5S/c1-19-5-13-23(14-6-19)35(31,32)34-16-15-33-18-21-9-7-20(8-10-21)11-12-22-17-28-29(26(2,3)4)25(30)24(22)27/h5-10,13-14,17H,11-12,15-16,18H2,1-4H3. The fourth-order valence-electron chi connectivity index (χ4n) is 3.37. The van der Waals surface area contributed by atoms with Crippen molar-refractivity contribution >= 4 is 21.7 Å². The summed E-state index contributed by atoms with van der Waals surface area (Å²) in [5.41, 5.74) is 3.05. The van der Waals surface area contributed by atoms with Crippen molar-refractivity contribution in [1.82, 2.24) is 9.78 Å². The minimum Gasteiger partial charge on any atom is -0.374 e. The van der Waals surface area contributed by atoms with Crippen LogP contribution in [0.2, 0.25) is 5.02 Å². The van der Waals surface area contributed by atoms with E-state index in [1.54, 1.807) is 18.3 Å². The van der Waals surface area contributed by atoms with E-state index in [0.29, 0.717) is 19.4 Å². The molecule has 0 aliphatic rings. The van der Waals surface area contributed by atoms with Crippen LogP contribution in [0.1, 0.15) is 43.0 Å². The highest BCUT2D eigenvalue weighted by Gasteiger charge is 2.19. The molecule has 188 valence electrons. The third kappa shape index (κ3) is 7.48. The van der Waals surface area contributed by atoms with Gasteiger partial charge in [-0.15, -0.1) is 0 Å². The van der Waals surface area contributed by atoms with E-state index in [0.717, 1.165) is 22.3 Å². The van der Waals surface area contributed by atoms with Crippen LogP contribution in [0.3, 0.4) is 0 Å². The molecule has 0 spiro atoms. The Morgan fingerprint density at radius 2 is 1.57 bits per heavy atom. The average molecular weight is 519 g/mol. The second-order valence-electron chi connectivity index (χ2n) is 9.33. The van der Waals surface area contributed by atoms with Gasteiger partial charge in [0.2, 0.25) is 0 Å². The first kappa shape index (κ1) is 27.1. The number of aryl methyl sites for hydroxylation is 3. The summed E-state index contributed by atoms with van der Waals surface area (Å²) < 4.78 is 36.3. The summed E-state index contributed by atoms with van der Waals surface area (Å²) in [6.45, 7) is 8.04. The van der Waals surface area contributed by atoms with E-state index >= 15 is 0 Å². The van der Waals surface area contributed by atoms with Crippen LogP contribution in [0, 0.1) is 6.92 Å². The quantitative estimate of drug-likeness (QED) is 0.286. The van der Waals surface area contributed by atoms with Gasteiger partial charge < -0.3 is 4.74 Å². The third-order valence-corrected chi connectivity index (χ3v) is 7.11. The molecule has 0 saturated heterocycles. The summed E-state index contributed by atoms with van der Waals surface area (Å²) in [4.78, 5) is 12.6. The predicted molar refractivity (Wildman–Crippen MR) is 136 cm³/mol. The lowest BCUT2D eigenvalue weighted by Crippen LogP contribution is -2.36. The maximum absolute atomic E-state index is 12.5. The molecule has 0 atom stereocenters. The first-order valence-electron chi connectivity index (χ1n) is 11.4. The fraction of sp³-hybridized carbons (Fsp3) is 0.385. The molecule has 0 amide bonds. The zero-order valence-corrected chi connectivity index (χ0v) is 22.0. The maximum Gasteiger partial charge on any atom is 0.297 e. The number of ether oxygens (including phenoxy) is 1. The van der Waals surface area contributed by atoms with Gasteiger partial charge in [0.15, 0.2) is 0 Å². The van der Waals surface area contributed by atoms with Gasteiger partial charge in [0.25, 0.3) is 15.7 Å². The molecule has 0 aliphatic carbocycles. The van der Waals surface area contributed by atoms with Crippen LogP contribution in [-0.2, 0) is 44.0 Å². The molecule has 1 aromatic heterocycles. The third-order valence-electron chi connectivity index (χ3n) is 5.38. The molecule has 0 unspecified atom stereocenters. The van der Waals surface area contributed by atoms with Crippen molar-refractivity contribution in [2.45, 2.75) is 57.6 Å². The van der Waals surface area contributed by atoms with E-state index in [9.17, 15) is 13.2 Å². The first-order valence-corrected chi connectivity index (χ1v) is 13.1. The highest BCUT2D eigenvalue weighted by Crippen LogP contribution is 2.17. The molecule has 0 saturated carbocycles. The molecule has 0 N–H and O–H groups in total. The topological polar surface area (TPSA) is 87.5 Å². The van der Waals surface area contributed by atoms with Gasteiger partial charge in [0.1, 0.15) is 5.02 Å². The first-order chi connectivity index (χ1) is 16.5. The van der Waals surface area contributed by atoms with E-state index in [2.05, 4.69) is 5.10 Å². The monoisotopic (exact) mass is 518 g/mol. The Labute approximate surface area is 211 Å². The van der Waals surface area contributed by atoms with E-state index in [-0.39, 0.29) is 28.7 Å². The second-order valence-corrected chi connectivity index (χ2v) is 11.3. The average Bonchev–Trinajstić information content (AvgIpc) is 2.80. The Balaban J connectivity index is 1.45.